The van der Waals surface area contributed by atoms with Gasteiger partial charge in [0, 0.05) is 6.54 Å². The molecule has 0 N–H and O–H groups in total. The van der Waals surface area contributed by atoms with Gasteiger partial charge < -0.3 is 14.2 Å². The number of amides is 2. The van der Waals surface area contributed by atoms with E-state index < -0.39 is 5.97 Å². The number of nitrogens with zero attached hydrogens (tertiary/aromatic N) is 1. The van der Waals surface area contributed by atoms with Gasteiger partial charge >= 0.3 is 5.97 Å². The van der Waals surface area contributed by atoms with Crippen LogP contribution in [0.4, 0.5) is 4.79 Å². The van der Waals surface area contributed by atoms with Gasteiger partial charge in [-0.3, -0.25) is 14.5 Å². The highest BCUT2D eigenvalue weighted by atomic mass is 79.9. The molecule has 0 saturated carbocycles. The summed E-state index contributed by atoms with van der Waals surface area (Å²) in [5, 5.41) is -0.271. The van der Waals surface area contributed by atoms with Crippen LogP contribution < -0.4 is 9.47 Å². The minimum atomic E-state index is -0.521. The molecule has 9 heteroatoms. The Morgan fingerprint density at radius 1 is 1.31 bits per heavy atom. The Labute approximate surface area is 163 Å². The van der Waals surface area contributed by atoms with Crippen molar-refractivity contribution in [2.24, 2.45) is 0 Å². The number of carbonyl (C=O) groups is 3. The Balaban J connectivity index is 2.28. The number of hydrogen-bond acceptors (Lipinski definition) is 7. The lowest BCUT2D eigenvalue weighted by Gasteiger charge is -2.13. The molecule has 0 aromatic heterocycles. The molecule has 1 heterocycles. The second-order valence-electron chi connectivity index (χ2n) is 5.23. The summed E-state index contributed by atoms with van der Waals surface area (Å²) in [7, 11) is 2.73. The van der Waals surface area contributed by atoms with Crippen molar-refractivity contribution >= 4 is 50.9 Å². The first-order valence-corrected chi connectivity index (χ1v) is 9.34. The lowest BCUT2D eigenvalue weighted by Crippen LogP contribution is -2.28. The first-order chi connectivity index (χ1) is 12.4. The van der Waals surface area contributed by atoms with Crippen LogP contribution in [0.1, 0.15) is 18.9 Å². The van der Waals surface area contributed by atoms with E-state index in [2.05, 4.69) is 20.7 Å². The Bertz CT molecular complexity index is 764. The van der Waals surface area contributed by atoms with Crippen molar-refractivity contribution in [2.45, 2.75) is 13.3 Å². The van der Waals surface area contributed by atoms with Crippen LogP contribution in [0.15, 0.2) is 21.5 Å². The summed E-state index contributed by atoms with van der Waals surface area (Å²) in [6.07, 6.45) is 2.33. The standard InChI is InChI=1S/C17H18BrNO6S/c1-4-5-19-16(21)13(26-17(19)22)8-10-6-11(18)15(12(7-10)23-2)25-9-14(20)24-3/h6-8H,4-5,9H2,1-3H3/b13-8+. The molecule has 0 radical (unpaired) electrons. The number of halogens is 1. The summed E-state index contributed by atoms with van der Waals surface area (Å²) in [5.74, 6) is -0.105. The number of carbonyl (C=O) groups excluding carboxylic acids is 3. The highest BCUT2D eigenvalue weighted by Gasteiger charge is 2.34. The molecule has 0 unspecified atom stereocenters. The second kappa shape index (κ2) is 9.09. The predicted molar refractivity (Wildman–Crippen MR) is 101 cm³/mol. The minimum absolute atomic E-state index is 0.263. The molecule has 0 spiro atoms. The number of benzene rings is 1. The maximum absolute atomic E-state index is 12.3. The summed E-state index contributed by atoms with van der Waals surface area (Å²) < 4.78 is 15.8. The zero-order valence-corrected chi connectivity index (χ0v) is 16.9. The van der Waals surface area contributed by atoms with Gasteiger partial charge in [-0.2, -0.15) is 0 Å². The fourth-order valence-electron chi connectivity index (χ4n) is 2.22. The van der Waals surface area contributed by atoms with Gasteiger partial charge in [0.25, 0.3) is 11.1 Å². The van der Waals surface area contributed by atoms with Crippen LogP contribution in [0.2, 0.25) is 0 Å². The molecule has 1 aliphatic heterocycles. The smallest absolute Gasteiger partial charge is 0.343 e. The summed E-state index contributed by atoms with van der Waals surface area (Å²) in [5.41, 5.74) is 0.654. The first-order valence-electron chi connectivity index (χ1n) is 7.73. The molecule has 0 atom stereocenters. The van der Waals surface area contributed by atoms with Crippen LogP contribution >= 0.6 is 27.7 Å². The SMILES string of the molecule is CCCN1C(=O)S/C(=C/c2cc(Br)c(OCC(=O)OC)c(OC)c2)C1=O. The largest absolute Gasteiger partial charge is 0.493 e. The van der Waals surface area contributed by atoms with Crippen LogP contribution in [0.25, 0.3) is 6.08 Å². The van der Waals surface area contributed by atoms with Crippen LogP contribution in [-0.4, -0.2) is 49.4 Å². The van der Waals surface area contributed by atoms with Gasteiger partial charge in [0.2, 0.25) is 0 Å². The molecule has 0 aliphatic carbocycles. The van der Waals surface area contributed by atoms with Crippen LogP contribution in [0, 0.1) is 0 Å². The number of hydrogen-bond donors (Lipinski definition) is 0. The predicted octanol–water partition coefficient (Wildman–Crippen LogP) is 3.46. The number of esters is 1. The minimum Gasteiger partial charge on any atom is -0.493 e. The maximum Gasteiger partial charge on any atom is 0.343 e. The topological polar surface area (TPSA) is 82.1 Å². The van der Waals surface area contributed by atoms with Crippen LogP contribution in [0.5, 0.6) is 11.5 Å². The Hall–Kier alpha value is -2.00. The van der Waals surface area contributed by atoms with E-state index >= 15 is 0 Å². The fraction of sp³-hybridized carbons (Fsp3) is 0.353. The lowest BCUT2D eigenvalue weighted by atomic mass is 10.2. The average molecular weight is 444 g/mol. The van der Waals surface area contributed by atoms with Crippen molar-refractivity contribution in [3.05, 3.63) is 27.1 Å². The zero-order valence-electron chi connectivity index (χ0n) is 14.5. The lowest BCUT2D eigenvalue weighted by molar-refractivity contribution is -0.143. The third kappa shape index (κ3) is 4.59. The van der Waals surface area contributed by atoms with Gasteiger partial charge in [0.15, 0.2) is 18.1 Å². The van der Waals surface area contributed by atoms with Gasteiger partial charge in [-0.25, -0.2) is 4.79 Å². The molecule has 2 amide bonds. The van der Waals surface area contributed by atoms with Crippen molar-refractivity contribution in [1.29, 1.82) is 0 Å². The molecule has 26 heavy (non-hydrogen) atoms. The van der Waals surface area contributed by atoms with Crippen molar-refractivity contribution in [3.8, 4) is 11.5 Å². The third-order valence-electron chi connectivity index (χ3n) is 3.43. The molecule has 2 rings (SSSR count). The summed E-state index contributed by atoms with van der Waals surface area (Å²) in [6.45, 7) is 2.04. The summed E-state index contributed by atoms with van der Waals surface area (Å²) in [4.78, 5) is 37.1. The van der Waals surface area contributed by atoms with Gasteiger partial charge in [-0.15, -0.1) is 0 Å². The summed E-state index contributed by atoms with van der Waals surface area (Å²) in [6, 6.07) is 3.37. The van der Waals surface area contributed by atoms with E-state index in [0.29, 0.717) is 39.4 Å². The normalized spacial score (nSPS) is 15.5. The molecular weight excluding hydrogens is 426 g/mol. The monoisotopic (exact) mass is 443 g/mol. The van der Waals surface area contributed by atoms with Crippen molar-refractivity contribution in [3.63, 3.8) is 0 Å². The van der Waals surface area contributed by atoms with E-state index in [9.17, 15) is 14.4 Å². The van der Waals surface area contributed by atoms with Gasteiger partial charge in [-0.1, -0.05) is 6.92 Å². The highest BCUT2D eigenvalue weighted by Crippen LogP contribution is 2.39. The van der Waals surface area contributed by atoms with E-state index in [0.717, 1.165) is 11.8 Å². The van der Waals surface area contributed by atoms with Crippen molar-refractivity contribution in [1.82, 2.24) is 4.90 Å². The Kier molecular flexibility index (Phi) is 7.10. The van der Waals surface area contributed by atoms with E-state index in [1.165, 1.54) is 19.1 Å². The van der Waals surface area contributed by atoms with Gasteiger partial charge in [-0.05, 0) is 57.9 Å². The van der Waals surface area contributed by atoms with E-state index in [-0.39, 0.29) is 17.8 Å². The molecular formula is C17H18BrNO6S. The molecule has 140 valence electrons. The molecule has 1 saturated heterocycles. The van der Waals surface area contributed by atoms with Crippen LogP contribution in [-0.2, 0) is 14.3 Å². The molecule has 1 aliphatic rings. The second-order valence-corrected chi connectivity index (χ2v) is 7.08. The van der Waals surface area contributed by atoms with Crippen molar-refractivity contribution in [2.75, 3.05) is 27.4 Å². The number of thioether (sulfide) groups is 1. The zero-order chi connectivity index (χ0) is 19.3. The number of imide groups is 1. The molecule has 1 aromatic carbocycles. The first kappa shape index (κ1) is 20.3. The highest BCUT2D eigenvalue weighted by molar-refractivity contribution is 9.10. The van der Waals surface area contributed by atoms with Crippen molar-refractivity contribution < 1.29 is 28.6 Å². The van der Waals surface area contributed by atoms with Crippen LogP contribution in [0.3, 0.4) is 0 Å². The average Bonchev–Trinajstić information content (AvgIpc) is 2.87. The molecule has 0 bridgehead atoms. The number of ether oxygens (including phenoxy) is 3. The fourth-order valence-corrected chi connectivity index (χ4v) is 3.66. The molecule has 1 fully saturated rings. The van der Waals surface area contributed by atoms with Gasteiger partial charge in [0.05, 0.1) is 23.6 Å². The Morgan fingerprint density at radius 2 is 2.04 bits per heavy atom. The Morgan fingerprint density at radius 3 is 2.65 bits per heavy atom. The third-order valence-corrected chi connectivity index (χ3v) is 4.93. The van der Waals surface area contributed by atoms with E-state index in [1.807, 2.05) is 6.92 Å². The number of rotatable bonds is 7. The quantitative estimate of drug-likeness (QED) is 0.471. The van der Waals surface area contributed by atoms with E-state index in [1.54, 1.807) is 18.2 Å². The van der Waals surface area contributed by atoms with E-state index in [4.69, 9.17) is 9.47 Å². The number of methoxy groups -OCH3 is 2. The molecule has 1 aromatic rings. The summed E-state index contributed by atoms with van der Waals surface area (Å²) >= 11 is 4.28. The molecule has 7 nitrogen and oxygen atoms in total. The van der Waals surface area contributed by atoms with Gasteiger partial charge in [0.1, 0.15) is 0 Å². The maximum atomic E-state index is 12.3.